The topological polar surface area (TPSA) is 69.6 Å². The molecule has 5 nitrogen and oxygen atoms in total. The van der Waals surface area contributed by atoms with Crippen LogP contribution in [0, 0.1) is 18.8 Å². The number of hydrogen-bond donors (Lipinski definition) is 2. The van der Waals surface area contributed by atoms with Gasteiger partial charge in [-0.3, -0.25) is 9.59 Å². The van der Waals surface area contributed by atoms with E-state index in [1.165, 1.54) is 6.42 Å². The Balaban J connectivity index is 2.02. The molecule has 2 N–H and O–H groups in total. The highest BCUT2D eigenvalue weighted by Gasteiger charge is 2.22. The van der Waals surface area contributed by atoms with Gasteiger partial charge in [0.1, 0.15) is 0 Å². The number of nitrogens with zero attached hydrogens (tertiary/aromatic N) is 1. The molecular weight excluding hydrogens is 316 g/mol. The summed E-state index contributed by atoms with van der Waals surface area (Å²) in [4.78, 5) is 26.6. The third-order valence-corrected chi connectivity index (χ3v) is 4.86. The molecule has 1 aromatic carbocycles. The summed E-state index contributed by atoms with van der Waals surface area (Å²) in [7, 11) is 0. The van der Waals surface area contributed by atoms with Gasteiger partial charge in [0.2, 0.25) is 5.91 Å². The van der Waals surface area contributed by atoms with Gasteiger partial charge in [0, 0.05) is 24.3 Å². The Kier molecular flexibility index (Phi) is 6.59. The zero-order chi connectivity index (χ0) is 18.6. The molecule has 2 unspecified atom stereocenters. The molecule has 2 atom stereocenters. The SMILES string of the molecule is Cc1cc(C(=O)N2CCCC(C)C2)ccc1NC(=O)CC(O)C(C)C. The smallest absolute Gasteiger partial charge is 0.253 e. The highest BCUT2D eigenvalue weighted by molar-refractivity contribution is 5.96. The van der Waals surface area contributed by atoms with Crippen LogP contribution in [0.4, 0.5) is 5.69 Å². The molecule has 0 bridgehead atoms. The molecule has 2 rings (SSSR count). The van der Waals surface area contributed by atoms with Crippen LogP contribution in [0.2, 0.25) is 0 Å². The second kappa shape index (κ2) is 8.48. The van der Waals surface area contributed by atoms with E-state index in [2.05, 4.69) is 12.2 Å². The van der Waals surface area contributed by atoms with Crippen LogP contribution in [0.5, 0.6) is 0 Å². The van der Waals surface area contributed by atoms with E-state index in [4.69, 9.17) is 0 Å². The Hall–Kier alpha value is -1.88. The van der Waals surface area contributed by atoms with Gasteiger partial charge in [-0.25, -0.2) is 0 Å². The number of aliphatic hydroxyl groups excluding tert-OH is 1. The fourth-order valence-electron chi connectivity index (χ4n) is 3.12. The van der Waals surface area contributed by atoms with Crippen LogP contribution in [0.3, 0.4) is 0 Å². The minimum Gasteiger partial charge on any atom is -0.392 e. The Morgan fingerprint density at radius 2 is 2.08 bits per heavy atom. The van der Waals surface area contributed by atoms with E-state index >= 15 is 0 Å². The van der Waals surface area contributed by atoms with Crippen LogP contribution in [0.25, 0.3) is 0 Å². The predicted octanol–water partition coefficient (Wildman–Crippen LogP) is 3.21. The fourth-order valence-corrected chi connectivity index (χ4v) is 3.12. The first-order valence-electron chi connectivity index (χ1n) is 9.15. The molecule has 0 aromatic heterocycles. The molecule has 1 heterocycles. The number of anilines is 1. The van der Waals surface area contributed by atoms with Crippen molar-refractivity contribution in [2.75, 3.05) is 18.4 Å². The monoisotopic (exact) mass is 346 g/mol. The zero-order valence-electron chi connectivity index (χ0n) is 15.7. The van der Waals surface area contributed by atoms with Crippen LogP contribution in [-0.4, -0.2) is 41.0 Å². The van der Waals surface area contributed by atoms with E-state index in [0.29, 0.717) is 17.2 Å². The van der Waals surface area contributed by atoms with Crippen molar-refractivity contribution in [1.29, 1.82) is 0 Å². The molecule has 25 heavy (non-hydrogen) atoms. The van der Waals surface area contributed by atoms with Crippen molar-refractivity contribution in [2.45, 2.75) is 53.1 Å². The first-order chi connectivity index (χ1) is 11.8. The number of rotatable bonds is 5. The van der Waals surface area contributed by atoms with E-state index < -0.39 is 6.10 Å². The van der Waals surface area contributed by atoms with Crippen LogP contribution in [-0.2, 0) is 4.79 Å². The highest BCUT2D eigenvalue weighted by atomic mass is 16.3. The second-order valence-corrected chi connectivity index (χ2v) is 7.59. The standard InChI is InChI=1S/C20H30N2O3/c1-13(2)18(23)11-19(24)21-17-8-7-16(10-15(17)4)20(25)22-9-5-6-14(3)12-22/h7-8,10,13-14,18,23H,5-6,9,11-12H2,1-4H3,(H,21,24). The van der Waals surface area contributed by atoms with Crippen LogP contribution in [0.1, 0.15) is 56.0 Å². The Labute approximate surface area is 150 Å². The van der Waals surface area contributed by atoms with Gasteiger partial charge in [-0.2, -0.15) is 0 Å². The average molecular weight is 346 g/mol. The van der Waals surface area contributed by atoms with Gasteiger partial charge in [0.15, 0.2) is 0 Å². The van der Waals surface area contributed by atoms with E-state index in [-0.39, 0.29) is 24.2 Å². The number of benzene rings is 1. The maximum atomic E-state index is 12.7. The van der Waals surface area contributed by atoms with Crippen molar-refractivity contribution in [3.63, 3.8) is 0 Å². The van der Waals surface area contributed by atoms with Crippen LogP contribution >= 0.6 is 0 Å². The summed E-state index contributed by atoms with van der Waals surface area (Å²) in [6.45, 7) is 9.44. The lowest BCUT2D eigenvalue weighted by Crippen LogP contribution is -2.39. The number of carbonyl (C=O) groups excluding carboxylic acids is 2. The first-order valence-corrected chi connectivity index (χ1v) is 9.15. The minimum atomic E-state index is -0.651. The minimum absolute atomic E-state index is 0.0405. The van der Waals surface area contributed by atoms with Crippen molar-refractivity contribution in [3.05, 3.63) is 29.3 Å². The molecule has 1 aliphatic rings. The molecule has 2 amide bonds. The number of nitrogens with one attached hydrogen (secondary N) is 1. The number of likely N-dealkylation sites (tertiary alicyclic amines) is 1. The molecule has 5 heteroatoms. The Bertz CT molecular complexity index is 627. The quantitative estimate of drug-likeness (QED) is 0.860. The van der Waals surface area contributed by atoms with Crippen LogP contribution < -0.4 is 5.32 Å². The average Bonchev–Trinajstić information content (AvgIpc) is 2.55. The van der Waals surface area contributed by atoms with E-state index in [1.54, 1.807) is 12.1 Å². The van der Waals surface area contributed by atoms with Crippen molar-refractivity contribution in [3.8, 4) is 0 Å². The summed E-state index contributed by atoms with van der Waals surface area (Å²) < 4.78 is 0. The number of piperidine rings is 1. The lowest BCUT2D eigenvalue weighted by molar-refractivity contribution is -0.118. The van der Waals surface area contributed by atoms with Gasteiger partial charge in [0.25, 0.3) is 5.91 Å². The van der Waals surface area contributed by atoms with E-state index in [0.717, 1.165) is 25.1 Å². The molecule has 1 saturated heterocycles. The summed E-state index contributed by atoms with van der Waals surface area (Å²) in [6.07, 6.45) is 1.65. The van der Waals surface area contributed by atoms with Gasteiger partial charge in [-0.15, -0.1) is 0 Å². The highest BCUT2D eigenvalue weighted by Crippen LogP contribution is 2.21. The predicted molar refractivity (Wildman–Crippen MR) is 99.6 cm³/mol. The van der Waals surface area contributed by atoms with Crippen molar-refractivity contribution in [2.24, 2.45) is 11.8 Å². The maximum Gasteiger partial charge on any atom is 0.253 e. The second-order valence-electron chi connectivity index (χ2n) is 7.59. The normalized spacial score (nSPS) is 19.0. The lowest BCUT2D eigenvalue weighted by atomic mass is 9.99. The van der Waals surface area contributed by atoms with Gasteiger partial charge in [-0.1, -0.05) is 20.8 Å². The maximum absolute atomic E-state index is 12.7. The number of aliphatic hydroxyl groups is 1. The molecule has 0 radical (unpaired) electrons. The van der Waals surface area contributed by atoms with Gasteiger partial charge < -0.3 is 15.3 Å². The van der Waals surface area contributed by atoms with Gasteiger partial charge in [0.05, 0.1) is 12.5 Å². The van der Waals surface area contributed by atoms with Crippen molar-refractivity contribution in [1.82, 2.24) is 4.90 Å². The van der Waals surface area contributed by atoms with Crippen molar-refractivity contribution < 1.29 is 14.7 Å². The summed E-state index contributed by atoms with van der Waals surface area (Å²) in [5.74, 6) is 0.430. The van der Waals surface area contributed by atoms with E-state index in [9.17, 15) is 14.7 Å². The first kappa shape index (κ1) is 19.4. The largest absolute Gasteiger partial charge is 0.392 e. The Morgan fingerprint density at radius 1 is 1.36 bits per heavy atom. The lowest BCUT2D eigenvalue weighted by Gasteiger charge is -2.31. The molecule has 0 spiro atoms. The fraction of sp³-hybridized carbons (Fsp3) is 0.600. The number of amides is 2. The molecule has 138 valence electrons. The summed E-state index contributed by atoms with van der Waals surface area (Å²) in [5, 5.41) is 12.6. The van der Waals surface area contributed by atoms with E-state index in [1.807, 2.05) is 31.7 Å². The number of aryl methyl sites for hydroxylation is 1. The van der Waals surface area contributed by atoms with Crippen molar-refractivity contribution >= 4 is 17.5 Å². The zero-order valence-corrected chi connectivity index (χ0v) is 15.7. The number of hydrogen-bond acceptors (Lipinski definition) is 3. The van der Waals surface area contributed by atoms with Gasteiger partial charge in [-0.05, 0) is 55.4 Å². The molecule has 0 saturated carbocycles. The molecule has 1 aromatic rings. The summed E-state index contributed by atoms with van der Waals surface area (Å²) in [6, 6.07) is 5.37. The van der Waals surface area contributed by atoms with Crippen LogP contribution in [0.15, 0.2) is 18.2 Å². The summed E-state index contributed by atoms with van der Waals surface area (Å²) >= 11 is 0. The Morgan fingerprint density at radius 3 is 2.68 bits per heavy atom. The third kappa shape index (κ3) is 5.30. The molecule has 0 aliphatic carbocycles. The molecule has 1 fully saturated rings. The third-order valence-electron chi connectivity index (χ3n) is 4.86. The molecular formula is C20H30N2O3. The molecule has 1 aliphatic heterocycles. The number of carbonyl (C=O) groups is 2. The van der Waals surface area contributed by atoms with Gasteiger partial charge >= 0.3 is 0 Å². The summed E-state index contributed by atoms with van der Waals surface area (Å²) in [5.41, 5.74) is 2.19.